The minimum Gasteiger partial charge on any atom is -0.465 e. The summed E-state index contributed by atoms with van der Waals surface area (Å²) in [7, 11) is 0. The summed E-state index contributed by atoms with van der Waals surface area (Å²) < 4.78 is 5.07. The van der Waals surface area contributed by atoms with Gasteiger partial charge in [-0.25, -0.2) is 0 Å². The summed E-state index contributed by atoms with van der Waals surface area (Å²) >= 11 is 0. The Hall–Kier alpha value is -1.31. The van der Waals surface area contributed by atoms with Crippen LogP contribution in [0.5, 0.6) is 0 Å². The van der Waals surface area contributed by atoms with Gasteiger partial charge in [0.1, 0.15) is 0 Å². The van der Waals surface area contributed by atoms with Gasteiger partial charge in [-0.3, -0.25) is 4.79 Å². The summed E-state index contributed by atoms with van der Waals surface area (Å²) in [6.07, 6.45) is 0.919. The van der Waals surface area contributed by atoms with Gasteiger partial charge in [-0.05, 0) is 18.9 Å². The maximum Gasteiger partial charge on any atom is 0.302 e. The molecule has 1 rings (SSSR count). The zero-order chi connectivity index (χ0) is 12.2. The maximum absolute atomic E-state index is 10.8. The normalized spacial score (nSPS) is 11.2. The molecule has 0 saturated heterocycles. The van der Waals surface area contributed by atoms with Crippen LogP contribution in [-0.4, -0.2) is 12.6 Å². The van der Waals surface area contributed by atoms with Crippen molar-refractivity contribution in [1.29, 1.82) is 0 Å². The highest BCUT2D eigenvalue weighted by Gasteiger charge is 2.20. The van der Waals surface area contributed by atoms with Crippen LogP contribution in [0.25, 0.3) is 0 Å². The van der Waals surface area contributed by atoms with Gasteiger partial charge < -0.3 is 4.74 Å². The number of benzene rings is 1. The minimum absolute atomic E-state index is 0.0144. The molecule has 1 aromatic carbocycles. The Kier molecular flexibility index (Phi) is 4.11. The van der Waals surface area contributed by atoms with Gasteiger partial charge in [0.05, 0.1) is 6.61 Å². The number of aryl methyl sites for hydroxylation is 1. The van der Waals surface area contributed by atoms with Crippen molar-refractivity contribution in [2.24, 2.45) is 5.41 Å². The van der Waals surface area contributed by atoms with E-state index in [1.807, 2.05) is 0 Å². The lowest BCUT2D eigenvalue weighted by Crippen LogP contribution is -2.23. The SMILES string of the molecule is CC(=O)OCC(C)(C)Cc1cccc(C)c1. The molecule has 0 fully saturated rings. The zero-order valence-electron chi connectivity index (χ0n) is 10.5. The average molecular weight is 220 g/mol. The monoisotopic (exact) mass is 220 g/mol. The summed E-state index contributed by atoms with van der Waals surface area (Å²) in [5.74, 6) is -0.211. The molecule has 0 unspecified atom stereocenters. The van der Waals surface area contributed by atoms with Crippen molar-refractivity contribution in [1.82, 2.24) is 0 Å². The standard InChI is InChI=1S/C14H20O2/c1-11-6-5-7-13(8-11)9-14(3,4)10-16-12(2)15/h5-8H,9-10H2,1-4H3. The largest absolute Gasteiger partial charge is 0.465 e. The van der Waals surface area contributed by atoms with E-state index in [4.69, 9.17) is 4.74 Å². The average Bonchev–Trinajstić information content (AvgIpc) is 2.14. The Morgan fingerprint density at radius 3 is 2.62 bits per heavy atom. The van der Waals surface area contributed by atoms with Crippen molar-refractivity contribution >= 4 is 5.97 Å². The summed E-state index contributed by atoms with van der Waals surface area (Å²) in [6.45, 7) is 8.22. The molecule has 1 aromatic rings. The Morgan fingerprint density at radius 1 is 1.38 bits per heavy atom. The molecular weight excluding hydrogens is 200 g/mol. The first-order chi connectivity index (χ1) is 7.39. The van der Waals surface area contributed by atoms with E-state index < -0.39 is 0 Å². The van der Waals surface area contributed by atoms with Crippen LogP contribution in [0.15, 0.2) is 24.3 Å². The quantitative estimate of drug-likeness (QED) is 0.729. The second kappa shape index (κ2) is 5.15. The van der Waals surface area contributed by atoms with Gasteiger partial charge >= 0.3 is 5.97 Å². The molecule has 0 bridgehead atoms. The highest BCUT2D eigenvalue weighted by molar-refractivity contribution is 5.65. The lowest BCUT2D eigenvalue weighted by atomic mass is 9.86. The molecule has 2 nitrogen and oxygen atoms in total. The maximum atomic E-state index is 10.8. The molecule has 0 amide bonds. The lowest BCUT2D eigenvalue weighted by Gasteiger charge is -2.24. The second-order valence-electron chi connectivity index (χ2n) is 5.11. The molecule has 0 N–H and O–H groups in total. The zero-order valence-corrected chi connectivity index (χ0v) is 10.5. The number of ether oxygens (including phenoxy) is 1. The van der Waals surface area contributed by atoms with E-state index in [2.05, 4.69) is 45.0 Å². The van der Waals surface area contributed by atoms with Crippen LogP contribution in [0.1, 0.15) is 31.9 Å². The number of hydrogen-bond donors (Lipinski definition) is 0. The predicted molar refractivity (Wildman–Crippen MR) is 65.3 cm³/mol. The number of hydrogen-bond acceptors (Lipinski definition) is 2. The van der Waals surface area contributed by atoms with E-state index in [1.54, 1.807) is 0 Å². The number of esters is 1. The first kappa shape index (κ1) is 12.8. The first-order valence-electron chi connectivity index (χ1n) is 5.58. The number of carbonyl (C=O) groups excluding carboxylic acids is 1. The van der Waals surface area contributed by atoms with Crippen molar-refractivity contribution in [3.8, 4) is 0 Å². The number of rotatable bonds is 4. The summed E-state index contributed by atoms with van der Waals surface area (Å²) in [4.78, 5) is 10.8. The van der Waals surface area contributed by atoms with Gasteiger partial charge in [-0.2, -0.15) is 0 Å². The molecule has 0 aromatic heterocycles. The van der Waals surface area contributed by atoms with Crippen molar-refractivity contribution in [3.05, 3.63) is 35.4 Å². The predicted octanol–water partition coefficient (Wildman–Crippen LogP) is 3.13. The Labute approximate surface area is 97.6 Å². The second-order valence-corrected chi connectivity index (χ2v) is 5.11. The Morgan fingerprint density at radius 2 is 2.06 bits per heavy atom. The van der Waals surface area contributed by atoms with Crippen LogP contribution in [0, 0.1) is 12.3 Å². The van der Waals surface area contributed by atoms with Crippen molar-refractivity contribution in [2.45, 2.75) is 34.1 Å². The minimum atomic E-state index is -0.211. The molecule has 0 saturated carbocycles. The third-order valence-electron chi connectivity index (χ3n) is 2.43. The molecule has 0 heterocycles. The van der Waals surface area contributed by atoms with E-state index in [1.165, 1.54) is 18.1 Å². The van der Waals surface area contributed by atoms with E-state index in [-0.39, 0.29) is 11.4 Å². The lowest BCUT2D eigenvalue weighted by molar-refractivity contribution is -0.143. The number of carbonyl (C=O) groups is 1. The van der Waals surface area contributed by atoms with Crippen LogP contribution in [0.2, 0.25) is 0 Å². The fourth-order valence-corrected chi connectivity index (χ4v) is 1.72. The van der Waals surface area contributed by atoms with E-state index in [0.717, 1.165) is 6.42 Å². The molecule has 88 valence electrons. The smallest absolute Gasteiger partial charge is 0.302 e. The topological polar surface area (TPSA) is 26.3 Å². The molecule has 0 radical (unpaired) electrons. The molecule has 0 aliphatic rings. The molecule has 0 aliphatic heterocycles. The van der Waals surface area contributed by atoms with Crippen LogP contribution >= 0.6 is 0 Å². The van der Waals surface area contributed by atoms with Gasteiger partial charge in [-0.1, -0.05) is 43.7 Å². The first-order valence-corrected chi connectivity index (χ1v) is 5.58. The fraction of sp³-hybridized carbons (Fsp3) is 0.500. The third kappa shape index (κ3) is 4.47. The highest BCUT2D eigenvalue weighted by Crippen LogP contribution is 2.22. The van der Waals surface area contributed by atoms with Gasteiger partial charge in [-0.15, -0.1) is 0 Å². The Balaban J connectivity index is 2.61. The van der Waals surface area contributed by atoms with Gasteiger partial charge in [0.25, 0.3) is 0 Å². The van der Waals surface area contributed by atoms with Crippen molar-refractivity contribution in [2.75, 3.05) is 6.61 Å². The van der Waals surface area contributed by atoms with Crippen LogP contribution in [0.4, 0.5) is 0 Å². The van der Waals surface area contributed by atoms with E-state index in [0.29, 0.717) is 6.61 Å². The molecule has 0 aliphatic carbocycles. The molecule has 2 heteroatoms. The molecular formula is C14H20O2. The highest BCUT2D eigenvalue weighted by atomic mass is 16.5. The molecule has 0 atom stereocenters. The summed E-state index contributed by atoms with van der Waals surface area (Å²) in [6, 6.07) is 8.44. The van der Waals surface area contributed by atoms with Crippen molar-refractivity contribution in [3.63, 3.8) is 0 Å². The fourth-order valence-electron chi connectivity index (χ4n) is 1.72. The summed E-state index contributed by atoms with van der Waals surface area (Å²) in [5.41, 5.74) is 2.54. The van der Waals surface area contributed by atoms with Crippen molar-refractivity contribution < 1.29 is 9.53 Å². The van der Waals surface area contributed by atoms with E-state index >= 15 is 0 Å². The molecule has 0 spiro atoms. The van der Waals surface area contributed by atoms with Gasteiger partial charge in [0, 0.05) is 12.3 Å². The summed E-state index contributed by atoms with van der Waals surface area (Å²) in [5, 5.41) is 0. The van der Waals surface area contributed by atoms with Crippen LogP contribution in [0.3, 0.4) is 0 Å². The van der Waals surface area contributed by atoms with Crippen LogP contribution < -0.4 is 0 Å². The Bertz CT molecular complexity index is 367. The van der Waals surface area contributed by atoms with Gasteiger partial charge in [0.15, 0.2) is 0 Å². The van der Waals surface area contributed by atoms with E-state index in [9.17, 15) is 4.79 Å². The third-order valence-corrected chi connectivity index (χ3v) is 2.43. The van der Waals surface area contributed by atoms with Crippen LogP contribution in [-0.2, 0) is 16.0 Å². The molecule has 16 heavy (non-hydrogen) atoms. The van der Waals surface area contributed by atoms with Gasteiger partial charge in [0.2, 0.25) is 0 Å².